The molecule has 0 aliphatic carbocycles. The van der Waals surface area contributed by atoms with Crippen LogP contribution in [0.5, 0.6) is 0 Å². The van der Waals surface area contributed by atoms with Crippen LogP contribution in [0.25, 0.3) is 0 Å². The van der Waals surface area contributed by atoms with E-state index in [2.05, 4.69) is 41.0 Å². The fraction of sp³-hybridized carbons (Fsp3) is 0.652. The van der Waals surface area contributed by atoms with E-state index in [9.17, 15) is 9.59 Å². The lowest BCUT2D eigenvalue weighted by atomic mass is 9.98. The SMILES string of the molecule is Cc1ccccc1N1CCN(CCCCN2CC(=O)N3CCCCC3C2=O)CC1.Cl. The molecule has 30 heavy (non-hydrogen) atoms. The van der Waals surface area contributed by atoms with Crippen LogP contribution in [0.1, 0.15) is 37.7 Å². The second-order valence-electron chi connectivity index (χ2n) is 8.68. The maximum atomic E-state index is 12.7. The van der Waals surface area contributed by atoms with Gasteiger partial charge in [-0.1, -0.05) is 18.2 Å². The number of carbonyl (C=O) groups is 2. The summed E-state index contributed by atoms with van der Waals surface area (Å²) >= 11 is 0. The molecule has 1 aromatic carbocycles. The minimum atomic E-state index is -0.181. The number of unbranched alkanes of at least 4 members (excludes halogenated alkanes) is 1. The molecule has 3 heterocycles. The van der Waals surface area contributed by atoms with Crippen LogP contribution in [0.2, 0.25) is 0 Å². The van der Waals surface area contributed by atoms with Crippen LogP contribution in [-0.2, 0) is 9.59 Å². The lowest BCUT2D eigenvalue weighted by molar-refractivity contribution is -0.157. The number of carbonyl (C=O) groups excluding carboxylic acids is 2. The first-order valence-corrected chi connectivity index (χ1v) is 11.2. The van der Waals surface area contributed by atoms with E-state index in [1.807, 2.05) is 9.80 Å². The number of nitrogens with zero attached hydrogens (tertiary/aromatic N) is 4. The van der Waals surface area contributed by atoms with E-state index >= 15 is 0 Å². The first kappa shape index (κ1) is 22.9. The van der Waals surface area contributed by atoms with Crippen molar-refractivity contribution in [2.45, 2.75) is 45.1 Å². The number of halogens is 1. The number of rotatable bonds is 6. The van der Waals surface area contributed by atoms with Gasteiger partial charge in [-0.2, -0.15) is 0 Å². The average Bonchev–Trinajstić information content (AvgIpc) is 2.75. The van der Waals surface area contributed by atoms with Gasteiger partial charge in [0.05, 0.1) is 6.54 Å². The van der Waals surface area contributed by atoms with Crippen molar-refractivity contribution in [1.29, 1.82) is 0 Å². The Hall–Kier alpha value is -1.79. The Morgan fingerprint density at radius 3 is 2.43 bits per heavy atom. The molecule has 4 rings (SSSR count). The number of piperidine rings is 1. The molecule has 3 fully saturated rings. The molecule has 1 unspecified atom stereocenters. The minimum Gasteiger partial charge on any atom is -0.369 e. The summed E-state index contributed by atoms with van der Waals surface area (Å²) < 4.78 is 0. The maximum absolute atomic E-state index is 12.7. The van der Waals surface area contributed by atoms with Gasteiger partial charge in [0.15, 0.2) is 0 Å². The van der Waals surface area contributed by atoms with Crippen molar-refractivity contribution < 1.29 is 9.59 Å². The zero-order valence-corrected chi connectivity index (χ0v) is 18.9. The van der Waals surface area contributed by atoms with Crippen molar-refractivity contribution in [3.63, 3.8) is 0 Å². The number of para-hydroxylation sites is 1. The summed E-state index contributed by atoms with van der Waals surface area (Å²) in [7, 11) is 0. The molecule has 7 heteroatoms. The predicted molar refractivity (Wildman–Crippen MR) is 122 cm³/mol. The van der Waals surface area contributed by atoms with Crippen LogP contribution in [0, 0.1) is 6.92 Å². The molecule has 0 bridgehead atoms. The van der Waals surface area contributed by atoms with Gasteiger partial charge in [-0.25, -0.2) is 0 Å². The van der Waals surface area contributed by atoms with Crippen LogP contribution < -0.4 is 4.90 Å². The summed E-state index contributed by atoms with van der Waals surface area (Å²) in [5.41, 5.74) is 2.70. The molecule has 0 radical (unpaired) electrons. The normalized spacial score (nSPS) is 22.7. The van der Waals surface area contributed by atoms with Crippen LogP contribution >= 0.6 is 12.4 Å². The molecule has 166 valence electrons. The monoisotopic (exact) mass is 434 g/mol. The van der Waals surface area contributed by atoms with Crippen LogP contribution in [0.15, 0.2) is 24.3 Å². The van der Waals surface area contributed by atoms with Crippen molar-refractivity contribution in [3.05, 3.63) is 29.8 Å². The van der Waals surface area contributed by atoms with Crippen molar-refractivity contribution in [3.8, 4) is 0 Å². The van der Waals surface area contributed by atoms with Crippen molar-refractivity contribution in [2.24, 2.45) is 0 Å². The van der Waals surface area contributed by atoms with Gasteiger partial charge in [0.1, 0.15) is 6.04 Å². The fourth-order valence-electron chi connectivity index (χ4n) is 4.99. The van der Waals surface area contributed by atoms with Crippen LogP contribution in [0.3, 0.4) is 0 Å². The molecule has 3 saturated heterocycles. The molecule has 0 spiro atoms. The van der Waals surface area contributed by atoms with Gasteiger partial charge < -0.3 is 14.7 Å². The van der Waals surface area contributed by atoms with Crippen LogP contribution in [0.4, 0.5) is 5.69 Å². The molecule has 2 amide bonds. The topological polar surface area (TPSA) is 47.1 Å². The molecular weight excluding hydrogens is 400 g/mol. The predicted octanol–water partition coefficient (Wildman–Crippen LogP) is 2.54. The Labute approximate surface area is 186 Å². The molecular formula is C23H35ClN4O2. The van der Waals surface area contributed by atoms with Gasteiger partial charge >= 0.3 is 0 Å². The molecule has 3 aliphatic heterocycles. The second kappa shape index (κ2) is 10.5. The molecule has 1 atom stereocenters. The highest BCUT2D eigenvalue weighted by Crippen LogP contribution is 2.24. The number of piperazine rings is 2. The Morgan fingerprint density at radius 2 is 1.67 bits per heavy atom. The highest BCUT2D eigenvalue weighted by Gasteiger charge is 2.39. The van der Waals surface area contributed by atoms with Gasteiger partial charge in [-0.15, -0.1) is 12.4 Å². The summed E-state index contributed by atoms with van der Waals surface area (Å²) in [6.07, 6.45) is 4.99. The quantitative estimate of drug-likeness (QED) is 0.645. The van der Waals surface area contributed by atoms with Crippen LogP contribution in [-0.4, -0.2) is 84.9 Å². The number of fused-ring (bicyclic) bond motifs is 1. The maximum Gasteiger partial charge on any atom is 0.245 e. The number of aryl methyl sites for hydroxylation is 1. The van der Waals surface area contributed by atoms with Gasteiger partial charge in [-0.05, 0) is 57.2 Å². The van der Waals surface area contributed by atoms with Crippen molar-refractivity contribution in [2.75, 3.05) is 57.3 Å². The van der Waals surface area contributed by atoms with E-state index in [1.54, 1.807) is 0 Å². The Balaban J connectivity index is 0.00000256. The highest BCUT2D eigenvalue weighted by atomic mass is 35.5. The summed E-state index contributed by atoms with van der Waals surface area (Å²) in [5.74, 6) is 0.317. The lowest BCUT2D eigenvalue weighted by Crippen LogP contribution is -2.61. The number of anilines is 1. The minimum absolute atomic E-state index is 0. The van der Waals surface area contributed by atoms with Gasteiger partial charge in [0.2, 0.25) is 11.8 Å². The number of hydrogen-bond acceptors (Lipinski definition) is 4. The molecule has 0 saturated carbocycles. The third-order valence-corrected chi connectivity index (χ3v) is 6.73. The summed E-state index contributed by atoms with van der Waals surface area (Å²) in [6, 6.07) is 8.44. The lowest BCUT2D eigenvalue weighted by Gasteiger charge is -2.42. The Kier molecular flexibility index (Phi) is 8.00. The van der Waals surface area contributed by atoms with E-state index in [4.69, 9.17) is 0 Å². The van der Waals surface area contributed by atoms with E-state index in [0.29, 0.717) is 0 Å². The number of amides is 2. The van der Waals surface area contributed by atoms with E-state index in [1.165, 1.54) is 11.3 Å². The first-order chi connectivity index (χ1) is 14.1. The molecule has 0 N–H and O–H groups in total. The zero-order valence-electron chi connectivity index (χ0n) is 18.1. The summed E-state index contributed by atoms with van der Waals surface area (Å²) in [5, 5.41) is 0. The van der Waals surface area contributed by atoms with Crippen molar-refractivity contribution >= 4 is 29.9 Å². The largest absolute Gasteiger partial charge is 0.369 e. The van der Waals surface area contributed by atoms with Gasteiger partial charge in [0.25, 0.3) is 0 Å². The molecule has 1 aromatic rings. The smallest absolute Gasteiger partial charge is 0.245 e. The van der Waals surface area contributed by atoms with Gasteiger partial charge in [-0.3, -0.25) is 14.5 Å². The average molecular weight is 435 g/mol. The molecule has 3 aliphatic rings. The summed E-state index contributed by atoms with van der Waals surface area (Å²) in [6.45, 7) is 9.34. The molecule has 0 aromatic heterocycles. The highest BCUT2D eigenvalue weighted by molar-refractivity contribution is 5.95. The Bertz CT molecular complexity index is 736. The molecule has 6 nitrogen and oxygen atoms in total. The Morgan fingerprint density at radius 1 is 0.933 bits per heavy atom. The number of hydrogen-bond donors (Lipinski definition) is 0. The zero-order chi connectivity index (χ0) is 20.2. The first-order valence-electron chi connectivity index (χ1n) is 11.2. The van der Waals surface area contributed by atoms with Crippen molar-refractivity contribution in [1.82, 2.24) is 14.7 Å². The van der Waals surface area contributed by atoms with E-state index < -0.39 is 0 Å². The summed E-state index contributed by atoms with van der Waals surface area (Å²) in [4.78, 5) is 33.7. The second-order valence-corrected chi connectivity index (χ2v) is 8.68. The van der Waals surface area contributed by atoms with E-state index in [0.717, 1.165) is 77.9 Å². The van der Waals surface area contributed by atoms with Gasteiger partial charge in [0, 0.05) is 45.0 Å². The standard InChI is InChI=1S/C23H34N4O2.ClH/c1-19-8-2-3-9-20(19)25-16-14-24(15-17-25)11-6-7-12-26-18-22(28)27-13-5-4-10-21(27)23(26)29;/h2-3,8-9,21H,4-7,10-18H2,1H3;1H. The fourth-order valence-corrected chi connectivity index (χ4v) is 4.99. The number of benzene rings is 1. The van der Waals surface area contributed by atoms with E-state index in [-0.39, 0.29) is 36.8 Å². The third-order valence-electron chi connectivity index (χ3n) is 6.73. The third kappa shape index (κ3) is 5.09.